The van der Waals surface area contributed by atoms with E-state index >= 15 is 0 Å². The summed E-state index contributed by atoms with van der Waals surface area (Å²) in [5.41, 5.74) is 0.656. The second-order valence-electron chi connectivity index (χ2n) is 2.78. The minimum absolute atomic E-state index is 0.130. The van der Waals surface area contributed by atoms with E-state index < -0.39 is 5.82 Å². The summed E-state index contributed by atoms with van der Waals surface area (Å²) in [5, 5.41) is 3.11. The molecule has 3 heteroatoms. The van der Waals surface area contributed by atoms with E-state index in [4.69, 9.17) is 11.6 Å². The summed E-state index contributed by atoms with van der Waals surface area (Å²) in [4.78, 5) is 0. The lowest BCUT2D eigenvalue weighted by Gasteiger charge is -1.94. The average molecular weight is 212 g/mol. The van der Waals surface area contributed by atoms with Gasteiger partial charge in [0.15, 0.2) is 0 Å². The molecule has 0 aliphatic rings. The Kier molecular flexibility index (Phi) is 4.45. The molecule has 0 spiro atoms. The van der Waals surface area contributed by atoms with Gasteiger partial charge in [-0.15, -0.1) is 0 Å². The summed E-state index contributed by atoms with van der Waals surface area (Å²) < 4.78 is 12.9. The number of nitrogens with one attached hydrogen (secondary N) is 1. The van der Waals surface area contributed by atoms with Crippen LogP contribution < -0.4 is 5.32 Å². The zero-order valence-corrected chi connectivity index (χ0v) is 8.66. The maximum absolute atomic E-state index is 12.9. The standard InChI is InChI=1S/C11H11ClFN/c1-14-7-3-2-4-9-5-6-10(12)11(13)8-9/h5-6,8,14H,3,7H2,1H3. The predicted octanol–water partition coefficient (Wildman–Crippen LogP) is 2.44. The highest BCUT2D eigenvalue weighted by Crippen LogP contribution is 2.14. The molecular formula is C11H11ClFN. The Morgan fingerprint density at radius 2 is 2.29 bits per heavy atom. The van der Waals surface area contributed by atoms with Crippen molar-refractivity contribution in [2.75, 3.05) is 13.6 Å². The number of benzene rings is 1. The Balaban J connectivity index is 2.66. The average Bonchev–Trinajstić information content (AvgIpc) is 2.18. The maximum atomic E-state index is 12.9. The molecule has 0 unspecified atom stereocenters. The summed E-state index contributed by atoms with van der Waals surface area (Å²) in [7, 11) is 1.86. The Hall–Kier alpha value is -1.04. The number of halogens is 2. The second-order valence-corrected chi connectivity index (χ2v) is 3.19. The van der Waals surface area contributed by atoms with E-state index in [9.17, 15) is 4.39 Å². The van der Waals surface area contributed by atoms with Crippen molar-refractivity contribution in [2.45, 2.75) is 6.42 Å². The van der Waals surface area contributed by atoms with Crippen molar-refractivity contribution in [1.82, 2.24) is 5.32 Å². The van der Waals surface area contributed by atoms with Crippen LogP contribution in [0.5, 0.6) is 0 Å². The van der Waals surface area contributed by atoms with Crippen LogP contribution in [0, 0.1) is 17.7 Å². The van der Waals surface area contributed by atoms with Crippen molar-refractivity contribution >= 4 is 11.6 Å². The molecule has 0 saturated carbocycles. The number of hydrogen-bond donors (Lipinski definition) is 1. The molecule has 0 fully saturated rings. The molecule has 0 radical (unpaired) electrons. The Labute approximate surface area is 88.3 Å². The van der Waals surface area contributed by atoms with Crippen LogP contribution in [0.2, 0.25) is 5.02 Å². The van der Waals surface area contributed by atoms with Gasteiger partial charge in [-0.1, -0.05) is 23.4 Å². The van der Waals surface area contributed by atoms with Gasteiger partial charge in [-0.25, -0.2) is 4.39 Å². The van der Waals surface area contributed by atoms with Crippen molar-refractivity contribution in [3.63, 3.8) is 0 Å². The monoisotopic (exact) mass is 211 g/mol. The second kappa shape index (κ2) is 5.64. The zero-order chi connectivity index (χ0) is 10.4. The molecule has 0 aromatic heterocycles. The van der Waals surface area contributed by atoms with Gasteiger partial charge in [0, 0.05) is 18.5 Å². The lowest BCUT2D eigenvalue weighted by Crippen LogP contribution is -2.05. The van der Waals surface area contributed by atoms with Gasteiger partial charge < -0.3 is 5.32 Å². The van der Waals surface area contributed by atoms with Crippen LogP contribution in [0.1, 0.15) is 12.0 Å². The molecule has 0 aliphatic carbocycles. The van der Waals surface area contributed by atoms with Gasteiger partial charge in [0.2, 0.25) is 0 Å². The van der Waals surface area contributed by atoms with Crippen LogP contribution >= 0.6 is 11.6 Å². The summed E-state index contributed by atoms with van der Waals surface area (Å²) in [6.07, 6.45) is 0.751. The highest BCUT2D eigenvalue weighted by atomic mass is 35.5. The first kappa shape index (κ1) is 11.0. The van der Waals surface area contributed by atoms with Crippen LogP contribution in [0.4, 0.5) is 4.39 Å². The third-order valence-electron chi connectivity index (χ3n) is 1.65. The molecule has 0 heterocycles. The van der Waals surface area contributed by atoms with E-state index in [0.717, 1.165) is 13.0 Å². The third-order valence-corrected chi connectivity index (χ3v) is 1.96. The number of hydrogen-bond acceptors (Lipinski definition) is 1. The molecule has 1 nitrogen and oxygen atoms in total. The van der Waals surface area contributed by atoms with Crippen molar-refractivity contribution in [3.8, 4) is 11.8 Å². The Morgan fingerprint density at radius 3 is 2.93 bits per heavy atom. The minimum Gasteiger partial charge on any atom is -0.319 e. The molecular weight excluding hydrogens is 201 g/mol. The quantitative estimate of drug-likeness (QED) is 0.585. The molecule has 74 valence electrons. The molecule has 14 heavy (non-hydrogen) atoms. The fraction of sp³-hybridized carbons (Fsp3) is 0.273. The van der Waals surface area contributed by atoms with E-state index in [-0.39, 0.29) is 5.02 Å². The van der Waals surface area contributed by atoms with Gasteiger partial charge in [-0.3, -0.25) is 0 Å². The fourth-order valence-corrected chi connectivity index (χ4v) is 1.04. The normalized spacial score (nSPS) is 9.36. The third kappa shape index (κ3) is 3.37. The van der Waals surface area contributed by atoms with Crippen molar-refractivity contribution in [2.24, 2.45) is 0 Å². The van der Waals surface area contributed by atoms with Crippen molar-refractivity contribution in [3.05, 3.63) is 34.6 Å². The van der Waals surface area contributed by atoms with Gasteiger partial charge in [-0.05, 0) is 25.2 Å². The molecule has 1 rings (SSSR count). The largest absolute Gasteiger partial charge is 0.319 e. The molecule has 1 N–H and O–H groups in total. The van der Waals surface area contributed by atoms with Crippen LogP contribution in [0.25, 0.3) is 0 Å². The Bertz CT molecular complexity index is 365. The molecule has 0 bridgehead atoms. The highest BCUT2D eigenvalue weighted by Gasteiger charge is 1.97. The van der Waals surface area contributed by atoms with Crippen LogP contribution in [-0.2, 0) is 0 Å². The predicted molar refractivity (Wildman–Crippen MR) is 56.8 cm³/mol. The van der Waals surface area contributed by atoms with Gasteiger partial charge in [-0.2, -0.15) is 0 Å². The lowest BCUT2D eigenvalue weighted by molar-refractivity contribution is 0.628. The van der Waals surface area contributed by atoms with Gasteiger partial charge >= 0.3 is 0 Å². The van der Waals surface area contributed by atoms with E-state index in [1.165, 1.54) is 12.1 Å². The van der Waals surface area contributed by atoms with Crippen molar-refractivity contribution < 1.29 is 4.39 Å². The van der Waals surface area contributed by atoms with Crippen molar-refractivity contribution in [1.29, 1.82) is 0 Å². The number of rotatable bonds is 2. The van der Waals surface area contributed by atoms with E-state index in [1.807, 2.05) is 7.05 Å². The topological polar surface area (TPSA) is 12.0 Å². The van der Waals surface area contributed by atoms with Gasteiger partial charge in [0.1, 0.15) is 5.82 Å². The first-order valence-corrected chi connectivity index (χ1v) is 4.70. The van der Waals surface area contributed by atoms with Crippen LogP contribution in [-0.4, -0.2) is 13.6 Å². The SMILES string of the molecule is CNCCC#Cc1ccc(Cl)c(F)c1. The molecule has 0 saturated heterocycles. The first-order valence-electron chi connectivity index (χ1n) is 4.32. The molecule has 1 aromatic carbocycles. The zero-order valence-electron chi connectivity index (χ0n) is 7.90. The van der Waals surface area contributed by atoms with E-state index in [1.54, 1.807) is 6.07 Å². The smallest absolute Gasteiger partial charge is 0.143 e. The van der Waals surface area contributed by atoms with E-state index in [2.05, 4.69) is 17.2 Å². The highest BCUT2D eigenvalue weighted by molar-refractivity contribution is 6.30. The van der Waals surface area contributed by atoms with Crippen LogP contribution in [0.15, 0.2) is 18.2 Å². The summed E-state index contributed by atoms with van der Waals surface area (Å²) >= 11 is 5.53. The Morgan fingerprint density at radius 1 is 1.50 bits per heavy atom. The first-order chi connectivity index (χ1) is 6.74. The fourth-order valence-electron chi connectivity index (χ4n) is 0.926. The summed E-state index contributed by atoms with van der Waals surface area (Å²) in [6.45, 7) is 0.836. The molecule has 0 amide bonds. The molecule has 0 atom stereocenters. The summed E-state index contributed by atoms with van der Waals surface area (Å²) in [6, 6.07) is 4.56. The molecule has 0 aliphatic heterocycles. The minimum atomic E-state index is -0.424. The molecule has 1 aromatic rings. The maximum Gasteiger partial charge on any atom is 0.143 e. The lowest BCUT2D eigenvalue weighted by atomic mass is 10.2. The van der Waals surface area contributed by atoms with Crippen LogP contribution in [0.3, 0.4) is 0 Å². The van der Waals surface area contributed by atoms with E-state index in [0.29, 0.717) is 5.56 Å². The van der Waals surface area contributed by atoms with Gasteiger partial charge in [0.25, 0.3) is 0 Å². The summed E-state index contributed by atoms with van der Waals surface area (Å²) in [5.74, 6) is 5.36. The van der Waals surface area contributed by atoms with Gasteiger partial charge in [0.05, 0.1) is 5.02 Å².